The average Bonchev–Trinajstić information content (AvgIpc) is 2.32. The van der Waals surface area contributed by atoms with Crippen LogP contribution in [-0.4, -0.2) is 36.5 Å². The predicted octanol–water partition coefficient (Wildman–Crippen LogP) is 2.61. The van der Waals surface area contributed by atoms with Gasteiger partial charge in [-0.3, -0.25) is 4.79 Å². The molecule has 0 spiro atoms. The third-order valence-corrected chi connectivity index (χ3v) is 3.69. The quantitative estimate of drug-likeness (QED) is 0.857. The summed E-state index contributed by atoms with van der Waals surface area (Å²) < 4.78 is 0.953. The number of aryl methyl sites for hydroxylation is 1. The summed E-state index contributed by atoms with van der Waals surface area (Å²) in [6, 6.07) is 6.11. The van der Waals surface area contributed by atoms with Crippen LogP contribution in [0, 0.1) is 6.92 Å². The van der Waals surface area contributed by atoms with E-state index in [0.717, 1.165) is 35.2 Å². The smallest absolute Gasteiger partial charge is 0.254 e. The van der Waals surface area contributed by atoms with Crippen LogP contribution >= 0.6 is 28.3 Å². The fourth-order valence-electron chi connectivity index (χ4n) is 2.12. The third kappa shape index (κ3) is 3.25. The first-order valence-electron chi connectivity index (χ1n) is 5.87. The number of carbonyl (C=O) groups is 1. The molecule has 1 unspecified atom stereocenters. The molecule has 0 radical (unpaired) electrons. The van der Waals surface area contributed by atoms with Gasteiger partial charge in [-0.15, -0.1) is 12.4 Å². The van der Waals surface area contributed by atoms with Crippen molar-refractivity contribution in [2.45, 2.75) is 19.9 Å². The molecule has 1 aromatic carbocycles. The topological polar surface area (TPSA) is 32.3 Å². The maximum absolute atomic E-state index is 12.5. The molecule has 1 atom stereocenters. The Morgan fingerprint density at radius 2 is 2.22 bits per heavy atom. The van der Waals surface area contributed by atoms with Crippen molar-refractivity contribution in [3.05, 3.63) is 33.8 Å². The zero-order chi connectivity index (χ0) is 12.4. The molecule has 100 valence electrons. The third-order valence-electron chi connectivity index (χ3n) is 3.19. The number of amides is 1. The Kier molecular flexibility index (Phi) is 5.63. The molecule has 0 aromatic heterocycles. The average molecular weight is 334 g/mol. The lowest BCUT2D eigenvalue weighted by atomic mass is 10.1. The maximum atomic E-state index is 12.5. The van der Waals surface area contributed by atoms with Crippen LogP contribution < -0.4 is 5.32 Å². The van der Waals surface area contributed by atoms with Gasteiger partial charge in [0.25, 0.3) is 5.91 Å². The van der Waals surface area contributed by atoms with Crippen molar-refractivity contribution >= 4 is 34.2 Å². The van der Waals surface area contributed by atoms with Gasteiger partial charge in [-0.2, -0.15) is 0 Å². The number of rotatable bonds is 1. The van der Waals surface area contributed by atoms with Crippen LogP contribution in [0.15, 0.2) is 22.7 Å². The van der Waals surface area contributed by atoms with Gasteiger partial charge in [-0.25, -0.2) is 0 Å². The number of hydrogen-bond donors (Lipinski definition) is 1. The fourth-order valence-corrected chi connectivity index (χ4v) is 2.48. The lowest BCUT2D eigenvalue weighted by Gasteiger charge is -2.34. The molecule has 1 aliphatic rings. The molecule has 3 nitrogen and oxygen atoms in total. The van der Waals surface area contributed by atoms with Crippen molar-refractivity contribution in [3.63, 3.8) is 0 Å². The minimum absolute atomic E-state index is 0. The second kappa shape index (κ2) is 6.55. The Bertz CT molecular complexity index is 439. The summed E-state index contributed by atoms with van der Waals surface area (Å²) in [7, 11) is 0. The van der Waals surface area contributed by atoms with Crippen LogP contribution in [0.4, 0.5) is 0 Å². The van der Waals surface area contributed by atoms with Gasteiger partial charge >= 0.3 is 0 Å². The van der Waals surface area contributed by atoms with E-state index in [2.05, 4.69) is 28.2 Å². The molecular weight excluding hydrogens is 316 g/mol. The van der Waals surface area contributed by atoms with E-state index < -0.39 is 0 Å². The molecule has 1 fully saturated rings. The molecular formula is C13H18BrClN2O. The van der Waals surface area contributed by atoms with Gasteiger partial charge < -0.3 is 10.2 Å². The minimum Gasteiger partial charge on any atom is -0.333 e. The zero-order valence-electron chi connectivity index (χ0n) is 10.6. The van der Waals surface area contributed by atoms with Crippen LogP contribution in [0.1, 0.15) is 22.8 Å². The van der Waals surface area contributed by atoms with Crippen LogP contribution in [0.25, 0.3) is 0 Å². The predicted molar refractivity (Wildman–Crippen MR) is 79.5 cm³/mol. The van der Waals surface area contributed by atoms with Gasteiger partial charge in [-0.1, -0.05) is 22.0 Å². The van der Waals surface area contributed by atoms with E-state index in [4.69, 9.17) is 0 Å². The van der Waals surface area contributed by atoms with Crippen molar-refractivity contribution in [1.82, 2.24) is 10.2 Å². The molecule has 5 heteroatoms. The largest absolute Gasteiger partial charge is 0.333 e. The summed E-state index contributed by atoms with van der Waals surface area (Å²) in [5.74, 6) is 0.137. The second-order valence-corrected chi connectivity index (χ2v) is 5.43. The van der Waals surface area contributed by atoms with Crippen LogP contribution in [0.3, 0.4) is 0 Å². The highest BCUT2D eigenvalue weighted by molar-refractivity contribution is 9.10. The Morgan fingerprint density at radius 1 is 1.50 bits per heavy atom. The van der Waals surface area contributed by atoms with Crippen molar-refractivity contribution < 1.29 is 4.79 Å². The van der Waals surface area contributed by atoms with E-state index in [9.17, 15) is 4.79 Å². The van der Waals surface area contributed by atoms with Crippen molar-refractivity contribution in [2.75, 3.05) is 19.6 Å². The Labute approximate surface area is 122 Å². The number of halogens is 2. The Hall–Kier alpha value is -0.580. The Balaban J connectivity index is 0.00000162. The van der Waals surface area contributed by atoms with Gasteiger partial charge in [0.2, 0.25) is 0 Å². The number of hydrogen-bond acceptors (Lipinski definition) is 2. The summed E-state index contributed by atoms with van der Waals surface area (Å²) in [6.07, 6.45) is 0. The molecule has 1 N–H and O–H groups in total. The molecule has 0 aliphatic carbocycles. The minimum atomic E-state index is 0. The van der Waals surface area contributed by atoms with Gasteiger partial charge in [0.05, 0.1) is 0 Å². The van der Waals surface area contributed by atoms with Crippen molar-refractivity contribution in [1.29, 1.82) is 0 Å². The molecule has 1 amide bonds. The van der Waals surface area contributed by atoms with Gasteiger partial charge in [0.15, 0.2) is 0 Å². The summed E-state index contributed by atoms with van der Waals surface area (Å²) in [5.41, 5.74) is 1.83. The molecule has 1 saturated heterocycles. The van der Waals surface area contributed by atoms with Gasteiger partial charge in [0, 0.05) is 35.7 Å². The van der Waals surface area contributed by atoms with Crippen LogP contribution in [0.5, 0.6) is 0 Å². The number of carbonyl (C=O) groups excluding carboxylic acids is 1. The van der Waals surface area contributed by atoms with Crippen LogP contribution in [-0.2, 0) is 0 Å². The summed E-state index contributed by atoms with van der Waals surface area (Å²) >= 11 is 3.42. The summed E-state index contributed by atoms with van der Waals surface area (Å²) in [4.78, 5) is 14.4. The molecule has 0 saturated carbocycles. The monoisotopic (exact) mass is 332 g/mol. The maximum Gasteiger partial charge on any atom is 0.254 e. The van der Waals surface area contributed by atoms with Gasteiger partial charge in [-0.05, 0) is 31.5 Å². The van der Waals surface area contributed by atoms with E-state index in [1.165, 1.54) is 0 Å². The molecule has 0 bridgehead atoms. The number of piperazine rings is 1. The summed E-state index contributed by atoms with van der Waals surface area (Å²) in [6.45, 7) is 6.60. The first-order chi connectivity index (χ1) is 8.09. The molecule has 1 heterocycles. The van der Waals surface area contributed by atoms with Crippen molar-refractivity contribution in [3.8, 4) is 0 Å². The second-order valence-electron chi connectivity index (χ2n) is 4.51. The number of benzene rings is 1. The molecule has 1 aromatic rings. The SMILES string of the molecule is Cc1ccc(Br)cc1C(=O)N1CCNCC1C.Cl. The number of nitrogens with zero attached hydrogens (tertiary/aromatic N) is 1. The first kappa shape index (κ1) is 15.5. The molecule has 18 heavy (non-hydrogen) atoms. The fraction of sp³-hybridized carbons (Fsp3) is 0.462. The van der Waals surface area contributed by atoms with Gasteiger partial charge in [0.1, 0.15) is 0 Å². The molecule has 2 rings (SSSR count). The van der Waals surface area contributed by atoms with E-state index in [1.54, 1.807) is 0 Å². The van der Waals surface area contributed by atoms with E-state index in [-0.39, 0.29) is 24.4 Å². The zero-order valence-corrected chi connectivity index (χ0v) is 13.0. The normalized spacial score (nSPS) is 19.3. The highest BCUT2D eigenvalue weighted by Gasteiger charge is 2.24. The number of nitrogens with one attached hydrogen (secondary N) is 1. The van der Waals surface area contributed by atoms with E-state index in [1.807, 2.05) is 30.0 Å². The Morgan fingerprint density at radius 3 is 2.89 bits per heavy atom. The summed E-state index contributed by atoms with van der Waals surface area (Å²) in [5, 5.41) is 3.29. The standard InChI is InChI=1S/C13H17BrN2O.ClH/c1-9-3-4-11(14)7-12(9)13(17)16-6-5-15-8-10(16)2;/h3-4,7,10,15H,5-6,8H2,1-2H3;1H. The van der Waals surface area contributed by atoms with Crippen molar-refractivity contribution in [2.24, 2.45) is 0 Å². The van der Waals surface area contributed by atoms with Crippen LogP contribution in [0.2, 0.25) is 0 Å². The first-order valence-corrected chi connectivity index (χ1v) is 6.66. The highest BCUT2D eigenvalue weighted by Crippen LogP contribution is 2.19. The highest BCUT2D eigenvalue weighted by atomic mass is 79.9. The molecule has 1 aliphatic heterocycles. The van der Waals surface area contributed by atoms with E-state index in [0.29, 0.717) is 0 Å². The lowest BCUT2D eigenvalue weighted by Crippen LogP contribution is -2.52. The lowest BCUT2D eigenvalue weighted by molar-refractivity contribution is 0.0655. The van der Waals surface area contributed by atoms with E-state index >= 15 is 0 Å².